The summed E-state index contributed by atoms with van der Waals surface area (Å²) in [6.45, 7) is 19.8. The molecule has 4 aromatic carbocycles. The molecule has 7 aromatic rings. The highest BCUT2D eigenvalue weighted by molar-refractivity contribution is 7.90. The molecular weight excluding hydrogens is 1380 g/mol. The third kappa shape index (κ3) is 20.4. The number of β-amino-alcohol motifs (C(OH)–C–C–N with tert-alkyl or cyclic N) is 1. The first-order chi connectivity index (χ1) is 49.8. The lowest BCUT2D eigenvalue weighted by Gasteiger charge is -2.39. The number of H-pyrrole nitrogens is 1. The number of hydrogen-bond donors (Lipinski definition) is 6. The fraction of sp³-hybridized carbons (Fsp3) is 0.494. The van der Waals surface area contributed by atoms with Crippen LogP contribution in [0.3, 0.4) is 0 Å². The predicted octanol–water partition coefficient (Wildman–Crippen LogP) is 14.1. The van der Waals surface area contributed by atoms with E-state index in [9.17, 15) is 42.8 Å². The van der Waals surface area contributed by atoms with Crippen molar-refractivity contribution in [2.75, 3.05) is 75.7 Å². The van der Waals surface area contributed by atoms with Gasteiger partial charge in [0.05, 0.1) is 43.8 Å². The SMILES string of the molecule is Cc1ncsc1-c1ccc(CNC(=O)[C@@H]2C[C@@H](O)CN2C(=O)[C@@H](NC(=O)CCCCCCCCCCCN2CCC(CNc3ccc(S(=O)(=O)NC(=O)c4ccc(N5CCN(CC6=C(c7ccc(Cl)cc7)CC(C)(C)CC6)CC5)cc4Oc4cnc5[nH]ccc5c4)cc3[N+](=O)[O-])CC2)C(C)(C)C)cc1. The number of aromatic nitrogens is 3. The van der Waals surface area contributed by atoms with E-state index in [1.54, 1.807) is 41.8 Å². The number of carbonyl (C=O) groups excluding carboxylic acids is 4. The minimum Gasteiger partial charge on any atom is -0.455 e. The van der Waals surface area contributed by atoms with Crippen LogP contribution >= 0.6 is 22.9 Å². The van der Waals surface area contributed by atoms with Crippen molar-refractivity contribution in [2.24, 2.45) is 16.7 Å². The van der Waals surface area contributed by atoms with Crippen molar-refractivity contribution < 1.29 is 42.4 Å². The van der Waals surface area contributed by atoms with Crippen LogP contribution in [0.15, 0.2) is 125 Å². The molecule has 0 spiro atoms. The Hall–Kier alpha value is -8.26. The summed E-state index contributed by atoms with van der Waals surface area (Å²) in [4.78, 5) is 88.3. The van der Waals surface area contributed by atoms with Crippen LogP contribution in [0.4, 0.5) is 17.1 Å². The zero-order valence-corrected chi connectivity index (χ0v) is 63.2. The standard InChI is InChI=1S/C79H101ClN12O10S2/c1-53-72(103-52-85-53)57-19-17-54(18-20-57)48-84-76(96)69-44-62(93)51-91(69)77(97)73(78(2,3)4)86-71(94)16-14-12-10-8-7-9-11-13-15-35-88-36-31-55(32-37-88)47-82-67-28-26-64(45-68(67)92(98)99)104(100,101)87-75(95)65-27-25-61(43-70(65)102-63-42-58-30-34-81-74(58)83-49-63)90-40-38-89(39-41-90)50-59-29-33-79(5,6)46-66(59)56-21-23-60(80)24-22-56/h17-28,30,34,42-43,45,49,52,55,62,69,73,82,93H,7-16,29,31-33,35-41,44,46-48,50-51H2,1-6H3,(H,81,83)(H,84,96)(H,86,94)(H,87,95)/t62-,69+,73-/m1/s1. The monoisotopic (exact) mass is 1480 g/mol. The van der Waals surface area contributed by atoms with E-state index in [1.165, 1.54) is 39.9 Å². The minimum atomic E-state index is -4.62. The van der Waals surface area contributed by atoms with Crippen LogP contribution in [0.25, 0.3) is 27.0 Å². The number of nitro benzene ring substituents is 1. The molecule has 6 heterocycles. The Morgan fingerprint density at radius 2 is 1.55 bits per heavy atom. The van der Waals surface area contributed by atoms with Crippen molar-refractivity contribution in [3.63, 3.8) is 0 Å². The van der Waals surface area contributed by atoms with Gasteiger partial charge in [-0.05, 0) is 159 Å². The van der Waals surface area contributed by atoms with Gasteiger partial charge in [-0.3, -0.25) is 34.2 Å². The summed E-state index contributed by atoms with van der Waals surface area (Å²) >= 11 is 7.86. The molecule has 0 bridgehead atoms. The maximum absolute atomic E-state index is 14.2. The summed E-state index contributed by atoms with van der Waals surface area (Å²) in [6.07, 6.45) is 17.2. The average Bonchev–Trinajstić information content (AvgIpc) is 1.16. The summed E-state index contributed by atoms with van der Waals surface area (Å²) < 4.78 is 36.6. The molecule has 1 aliphatic carbocycles. The number of carbonyl (C=O) groups is 4. The second-order valence-electron chi connectivity index (χ2n) is 30.5. The Morgan fingerprint density at radius 3 is 2.24 bits per heavy atom. The molecule has 22 nitrogen and oxygen atoms in total. The van der Waals surface area contributed by atoms with E-state index < -0.39 is 55.0 Å². The normalized spacial score (nSPS) is 18.0. The number of rotatable bonds is 31. The van der Waals surface area contributed by atoms with Crippen molar-refractivity contribution >= 4 is 90.3 Å². The number of pyridine rings is 1. The second kappa shape index (κ2) is 34.8. The van der Waals surface area contributed by atoms with Gasteiger partial charge in [0.1, 0.15) is 34.9 Å². The van der Waals surface area contributed by atoms with Gasteiger partial charge < -0.3 is 45.5 Å². The highest BCUT2D eigenvalue weighted by atomic mass is 35.5. The van der Waals surface area contributed by atoms with Gasteiger partial charge in [-0.15, -0.1) is 11.3 Å². The van der Waals surface area contributed by atoms with Crippen molar-refractivity contribution in [3.8, 4) is 21.9 Å². The van der Waals surface area contributed by atoms with E-state index in [-0.39, 0.29) is 65.6 Å². The van der Waals surface area contributed by atoms with Crippen LogP contribution in [0.2, 0.25) is 5.02 Å². The number of piperidine rings is 1. The lowest BCUT2D eigenvalue weighted by molar-refractivity contribution is -0.384. The van der Waals surface area contributed by atoms with Crippen LogP contribution < -0.4 is 30.3 Å². The number of piperazine rings is 1. The van der Waals surface area contributed by atoms with E-state index in [4.69, 9.17) is 16.3 Å². The molecule has 0 radical (unpaired) electrons. The number of hydrogen-bond acceptors (Lipinski definition) is 17. The number of benzene rings is 4. The third-order valence-corrected chi connectivity index (χ3v) is 23.5. The van der Waals surface area contributed by atoms with Crippen molar-refractivity contribution in [1.29, 1.82) is 0 Å². The van der Waals surface area contributed by atoms with E-state index in [2.05, 4.69) is 76.3 Å². The molecular formula is C79H101ClN12O10S2. The highest BCUT2D eigenvalue weighted by Gasteiger charge is 2.45. The number of anilines is 2. The number of allylic oxidation sites excluding steroid dienone is 1. The van der Waals surface area contributed by atoms with Crippen molar-refractivity contribution in [1.82, 2.24) is 45.0 Å². The topological polar surface area (TPSA) is 278 Å². The van der Waals surface area contributed by atoms with Gasteiger partial charge in [0.2, 0.25) is 17.7 Å². The van der Waals surface area contributed by atoms with Gasteiger partial charge in [-0.25, -0.2) is 23.1 Å². The Labute approximate surface area is 620 Å². The number of nitrogens with one attached hydrogen (secondary N) is 5. The Morgan fingerprint density at radius 1 is 0.846 bits per heavy atom. The van der Waals surface area contributed by atoms with Crippen molar-refractivity contribution in [2.45, 2.75) is 174 Å². The molecule has 0 unspecified atom stereocenters. The van der Waals surface area contributed by atoms with E-state index in [1.807, 2.05) is 75.7 Å². The summed E-state index contributed by atoms with van der Waals surface area (Å²) in [6, 6.07) is 26.7. The van der Waals surface area contributed by atoms with Gasteiger partial charge in [0.25, 0.3) is 21.6 Å². The summed E-state index contributed by atoms with van der Waals surface area (Å²) in [7, 11) is -4.62. The van der Waals surface area contributed by atoms with Gasteiger partial charge in [0, 0.05) is 99.6 Å². The molecule has 0 saturated carbocycles. The van der Waals surface area contributed by atoms with Crippen LogP contribution in [-0.4, -0.2) is 155 Å². The molecule has 556 valence electrons. The van der Waals surface area contributed by atoms with Gasteiger partial charge >= 0.3 is 0 Å². The molecule has 104 heavy (non-hydrogen) atoms. The molecule has 11 rings (SSSR count). The van der Waals surface area contributed by atoms with Crippen LogP contribution in [0.5, 0.6) is 11.5 Å². The molecule has 3 fully saturated rings. The quantitative estimate of drug-likeness (QED) is 0.0134. The van der Waals surface area contributed by atoms with E-state index in [0.717, 1.165) is 167 Å². The summed E-state index contributed by atoms with van der Waals surface area (Å²) in [5, 5.41) is 33.9. The number of amides is 4. The summed E-state index contributed by atoms with van der Waals surface area (Å²) in [5.74, 6) is -1.16. The molecule has 3 aromatic heterocycles. The Bertz CT molecular complexity index is 4290. The molecule has 6 N–H and O–H groups in total. The average molecular weight is 1480 g/mol. The first-order valence-corrected chi connectivity index (χ1v) is 39.6. The number of ether oxygens (including phenoxy) is 1. The Kier molecular flexibility index (Phi) is 25.7. The van der Waals surface area contributed by atoms with Gasteiger partial charge in [-0.1, -0.05) is 133 Å². The number of nitrogens with zero attached hydrogens (tertiary/aromatic N) is 7. The largest absolute Gasteiger partial charge is 0.455 e. The van der Waals surface area contributed by atoms with Crippen LogP contribution in [-0.2, 0) is 31.0 Å². The third-order valence-electron chi connectivity index (χ3n) is 20.9. The first-order valence-electron chi connectivity index (χ1n) is 36.9. The number of aryl methyl sites for hydroxylation is 1. The molecule has 3 saturated heterocycles. The fourth-order valence-electron chi connectivity index (χ4n) is 14.7. The number of unbranched alkanes of at least 4 members (excludes halogenated alkanes) is 8. The highest BCUT2D eigenvalue weighted by Crippen LogP contribution is 2.44. The number of likely N-dealkylation sites (tertiary alicyclic amines) is 2. The van der Waals surface area contributed by atoms with Gasteiger partial charge in [0.15, 0.2) is 0 Å². The number of aliphatic hydroxyl groups is 1. The predicted molar refractivity (Wildman–Crippen MR) is 410 cm³/mol. The number of fused-ring (bicyclic) bond motifs is 1. The maximum atomic E-state index is 14.2. The number of nitro groups is 1. The van der Waals surface area contributed by atoms with Gasteiger partial charge in [-0.2, -0.15) is 0 Å². The lowest BCUT2D eigenvalue weighted by Crippen LogP contribution is -2.57. The van der Waals surface area contributed by atoms with E-state index in [0.29, 0.717) is 43.9 Å². The smallest absolute Gasteiger partial charge is 0.293 e. The Balaban J connectivity index is 0.580. The minimum absolute atomic E-state index is 0.0190. The molecule has 3 atom stereocenters. The van der Waals surface area contributed by atoms with Crippen molar-refractivity contribution in [3.05, 3.63) is 158 Å². The summed E-state index contributed by atoms with van der Waals surface area (Å²) in [5.41, 5.74) is 9.57. The van der Waals surface area contributed by atoms with Crippen LogP contribution in [0, 0.1) is 33.8 Å². The number of thiazole rings is 1. The van der Waals surface area contributed by atoms with E-state index >= 15 is 0 Å². The molecule has 25 heteroatoms. The van der Waals surface area contributed by atoms with Crippen LogP contribution in [0.1, 0.15) is 165 Å². The zero-order chi connectivity index (χ0) is 73.7. The zero-order valence-electron chi connectivity index (χ0n) is 60.8. The molecule has 4 amide bonds. The maximum Gasteiger partial charge on any atom is 0.293 e. The lowest BCUT2D eigenvalue weighted by atomic mass is 9.72. The number of halogens is 1. The first kappa shape index (κ1) is 76.9. The number of aromatic amines is 1. The molecule has 3 aliphatic heterocycles. The second-order valence-corrected chi connectivity index (χ2v) is 33.4. The fourth-order valence-corrected chi connectivity index (χ4v) is 16.7. The molecule has 4 aliphatic rings. The number of aliphatic hydroxyl groups excluding tert-OH is 1. The number of sulfonamides is 1.